The Kier molecular flexibility index (Phi) is 4.97. The van der Waals surface area contributed by atoms with Gasteiger partial charge in [-0.2, -0.15) is 0 Å². The number of nitrogens with zero attached hydrogens (tertiary/aromatic N) is 3. The molecular formula is C15H24N4O3. The fourth-order valence-electron chi connectivity index (χ4n) is 2.69. The molecule has 0 unspecified atom stereocenters. The second kappa shape index (κ2) is 6.58. The molecule has 0 amide bonds. The summed E-state index contributed by atoms with van der Waals surface area (Å²) in [5.74, 6) is 0.646. The molecule has 0 aromatic carbocycles. The predicted molar refractivity (Wildman–Crippen MR) is 85.0 cm³/mol. The van der Waals surface area contributed by atoms with E-state index in [-0.39, 0.29) is 23.4 Å². The fraction of sp³-hybridized carbons (Fsp3) is 0.667. The molecule has 2 atom stereocenters. The number of ether oxygens (including phenoxy) is 1. The zero-order chi connectivity index (χ0) is 16.3. The molecule has 0 saturated carbocycles. The van der Waals surface area contributed by atoms with Crippen LogP contribution in [0.5, 0.6) is 0 Å². The number of aromatic nitrogens is 1. The summed E-state index contributed by atoms with van der Waals surface area (Å²) in [7, 11) is 0. The first-order valence-electron chi connectivity index (χ1n) is 7.53. The molecule has 1 aliphatic rings. The van der Waals surface area contributed by atoms with Gasteiger partial charge in [-0.15, -0.1) is 0 Å². The van der Waals surface area contributed by atoms with Crippen LogP contribution in [0.4, 0.5) is 11.5 Å². The average Bonchev–Trinajstić information content (AvgIpc) is 2.44. The minimum Gasteiger partial charge on any atom is -0.373 e. The standard InChI is InChI=1S/C15H24N4O3/c1-11-8-18(9-12(2)22-11)15(3,4)10-17-14-6-5-13(7-16-14)19(20)21/h5-7,11-12H,8-10H2,1-4H3,(H,16,17)/t11-,12-/m1/s1. The Morgan fingerprint density at radius 1 is 1.41 bits per heavy atom. The molecule has 1 aromatic heterocycles. The van der Waals surface area contributed by atoms with E-state index in [4.69, 9.17) is 4.74 Å². The first kappa shape index (κ1) is 16.6. The lowest BCUT2D eigenvalue weighted by Gasteiger charge is -2.45. The molecule has 2 heterocycles. The van der Waals surface area contributed by atoms with Crippen molar-refractivity contribution >= 4 is 11.5 Å². The average molecular weight is 308 g/mol. The highest BCUT2D eigenvalue weighted by Gasteiger charge is 2.33. The van der Waals surface area contributed by atoms with Gasteiger partial charge >= 0.3 is 0 Å². The van der Waals surface area contributed by atoms with Gasteiger partial charge in [-0.25, -0.2) is 4.98 Å². The van der Waals surface area contributed by atoms with Crippen molar-refractivity contribution in [1.82, 2.24) is 9.88 Å². The molecule has 2 rings (SSSR count). The topological polar surface area (TPSA) is 80.5 Å². The summed E-state index contributed by atoms with van der Waals surface area (Å²) >= 11 is 0. The smallest absolute Gasteiger partial charge is 0.287 e. The summed E-state index contributed by atoms with van der Waals surface area (Å²) in [4.78, 5) is 16.7. The zero-order valence-corrected chi connectivity index (χ0v) is 13.6. The number of nitro groups is 1. The highest BCUT2D eigenvalue weighted by molar-refractivity contribution is 5.40. The van der Waals surface area contributed by atoms with Crippen molar-refractivity contribution in [2.45, 2.75) is 45.4 Å². The van der Waals surface area contributed by atoms with E-state index in [0.29, 0.717) is 12.4 Å². The van der Waals surface area contributed by atoms with Crippen molar-refractivity contribution in [1.29, 1.82) is 0 Å². The lowest BCUT2D eigenvalue weighted by molar-refractivity contribution is -0.385. The molecule has 0 spiro atoms. The molecule has 22 heavy (non-hydrogen) atoms. The van der Waals surface area contributed by atoms with E-state index in [1.54, 1.807) is 6.07 Å². The summed E-state index contributed by atoms with van der Waals surface area (Å²) in [6.07, 6.45) is 1.72. The van der Waals surface area contributed by atoms with Crippen molar-refractivity contribution in [2.24, 2.45) is 0 Å². The van der Waals surface area contributed by atoms with E-state index in [2.05, 4.69) is 42.9 Å². The Bertz CT molecular complexity index is 508. The molecule has 0 bridgehead atoms. The van der Waals surface area contributed by atoms with Crippen LogP contribution < -0.4 is 5.32 Å². The molecule has 1 aliphatic heterocycles. The number of hydrogen-bond donors (Lipinski definition) is 1. The minimum absolute atomic E-state index is 0.000592. The van der Waals surface area contributed by atoms with Crippen molar-refractivity contribution < 1.29 is 9.66 Å². The van der Waals surface area contributed by atoms with Crippen LogP contribution in [-0.4, -0.2) is 52.2 Å². The Morgan fingerprint density at radius 3 is 2.55 bits per heavy atom. The van der Waals surface area contributed by atoms with Crippen molar-refractivity contribution in [3.05, 3.63) is 28.4 Å². The zero-order valence-electron chi connectivity index (χ0n) is 13.6. The first-order chi connectivity index (χ1) is 10.3. The number of rotatable bonds is 5. The van der Waals surface area contributed by atoms with Crippen LogP contribution in [0.15, 0.2) is 18.3 Å². The van der Waals surface area contributed by atoms with Gasteiger partial charge in [0.15, 0.2) is 0 Å². The molecule has 1 N–H and O–H groups in total. The molecular weight excluding hydrogens is 284 g/mol. The molecule has 122 valence electrons. The fourth-order valence-corrected chi connectivity index (χ4v) is 2.69. The van der Waals surface area contributed by atoms with Gasteiger partial charge in [0.1, 0.15) is 12.0 Å². The van der Waals surface area contributed by atoms with Gasteiger partial charge in [0.05, 0.1) is 17.1 Å². The maximum Gasteiger partial charge on any atom is 0.287 e. The number of hydrogen-bond acceptors (Lipinski definition) is 6. The van der Waals surface area contributed by atoms with Gasteiger partial charge in [-0.1, -0.05) is 0 Å². The third kappa shape index (κ3) is 4.14. The van der Waals surface area contributed by atoms with Gasteiger partial charge in [-0.05, 0) is 33.8 Å². The van der Waals surface area contributed by atoms with Crippen LogP contribution in [-0.2, 0) is 4.74 Å². The van der Waals surface area contributed by atoms with Gasteiger partial charge in [0, 0.05) is 31.2 Å². The second-order valence-electron chi connectivity index (χ2n) is 6.49. The Labute approximate surface area is 130 Å². The van der Waals surface area contributed by atoms with Gasteiger partial charge < -0.3 is 10.1 Å². The van der Waals surface area contributed by atoms with Crippen molar-refractivity contribution in [3.63, 3.8) is 0 Å². The number of nitrogens with one attached hydrogen (secondary N) is 1. The minimum atomic E-state index is -0.447. The largest absolute Gasteiger partial charge is 0.373 e. The van der Waals surface area contributed by atoms with Crippen LogP contribution in [0.3, 0.4) is 0 Å². The molecule has 0 aliphatic carbocycles. The number of morpholine rings is 1. The second-order valence-corrected chi connectivity index (χ2v) is 6.49. The van der Waals surface area contributed by atoms with Crippen LogP contribution >= 0.6 is 0 Å². The van der Waals surface area contributed by atoms with Gasteiger partial charge in [0.2, 0.25) is 0 Å². The lowest BCUT2D eigenvalue weighted by atomic mass is 10.00. The number of pyridine rings is 1. The Morgan fingerprint density at radius 2 is 2.05 bits per heavy atom. The van der Waals surface area contributed by atoms with Crippen molar-refractivity contribution in [3.8, 4) is 0 Å². The number of anilines is 1. The molecule has 1 aromatic rings. The van der Waals surface area contributed by atoms with E-state index in [9.17, 15) is 10.1 Å². The monoisotopic (exact) mass is 308 g/mol. The highest BCUT2D eigenvalue weighted by Crippen LogP contribution is 2.22. The van der Waals surface area contributed by atoms with Crippen LogP contribution in [0.2, 0.25) is 0 Å². The van der Waals surface area contributed by atoms with Gasteiger partial charge in [-0.3, -0.25) is 15.0 Å². The molecule has 7 heteroatoms. The highest BCUT2D eigenvalue weighted by atomic mass is 16.6. The van der Waals surface area contributed by atoms with Gasteiger partial charge in [0.25, 0.3) is 5.69 Å². The molecule has 1 fully saturated rings. The maximum absolute atomic E-state index is 10.6. The van der Waals surface area contributed by atoms with E-state index in [0.717, 1.165) is 13.1 Å². The molecule has 7 nitrogen and oxygen atoms in total. The normalized spacial score (nSPS) is 23.3. The predicted octanol–water partition coefficient (Wildman–Crippen LogP) is 2.29. The van der Waals surface area contributed by atoms with E-state index < -0.39 is 4.92 Å². The summed E-state index contributed by atoms with van der Waals surface area (Å²) in [5, 5.41) is 13.9. The maximum atomic E-state index is 10.6. The molecule has 0 radical (unpaired) electrons. The summed E-state index contributed by atoms with van der Waals surface area (Å²) < 4.78 is 5.77. The summed E-state index contributed by atoms with van der Waals surface area (Å²) in [6.45, 7) is 11.0. The van der Waals surface area contributed by atoms with E-state index >= 15 is 0 Å². The Balaban J connectivity index is 1.95. The third-order valence-electron chi connectivity index (χ3n) is 3.94. The van der Waals surface area contributed by atoms with Crippen LogP contribution in [0, 0.1) is 10.1 Å². The summed E-state index contributed by atoms with van der Waals surface area (Å²) in [5.41, 5.74) is -0.0592. The van der Waals surface area contributed by atoms with Crippen molar-refractivity contribution in [2.75, 3.05) is 25.0 Å². The first-order valence-corrected chi connectivity index (χ1v) is 7.53. The van der Waals surface area contributed by atoms with E-state index in [1.165, 1.54) is 12.3 Å². The lowest BCUT2D eigenvalue weighted by Crippen LogP contribution is -2.57. The van der Waals surface area contributed by atoms with Crippen LogP contribution in [0.1, 0.15) is 27.7 Å². The molecule has 1 saturated heterocycles. The Hall–Kier alpha value is -1.73. The summed E-state index contributed by atoms with van der Waals surface area (Å²) in [6, 6.07) is 3.10. The van der Waals surface area contributed by atoms with E-state index in [1.807, 2.05) is 0 Å². The quantitative estimate of drug-likeness (QED) is 0.664. The third-order valence-corrected chi connectivity index (χ3v) is 3.94. The van der Waals surface area contributed by atoms with Crippen LogP contribution in [0.25, 0.3) is 0 Å². The SMILES string of the molecule is C[C@@H]1CN(C(C)(C)CNc2ccc([N+](=O)[O-])cn2)C[C@@H](C)O1.